The van der Waals surface area contributed by atoms with Gasteiger partial charge in [0.15, 0.2) is 0 Å². The Kier molecular flexibility index (Phi) is 8.76. The normalized spacial score (nSPS) is 23.4. The molecule has 3 aliphatic rings. The van der Waals surface area contributed by atoms with Crippen LogP contribution in [0.2, 0.25) is 0 Å². The van der Waals surface area contributed by atoms with Crippen LogP contribution >= 0.6 is 0 Å². The van der Waals surface area contributed by atoms with Crippen LogP contribution in [0.1, 0.15) is 53.4 Å². The van der Waals surface area contributed by atoms with Crippen LogP contribution in [-0.2, 0) is 23.2 Å². The Balaban J connectivity index is 1.02. The number of nitrogens with zero attached hydrogens (tertiary/aromatic N) is 6. The number of carbonyl (C=O) groups is 2. The van der Waals surface area contributed by atoms with Gasteiger partial charge >= 0.3 is 0 Å². The van der Waals surface area contributed by atoms with Gasteiger partial charge in [-0.3, -0.25) is 29.6 Å². The summed E-state index contributed by atoms with van der Waals surface area (Å²) in [5.74, 6) is -0.332. The van der Waals surface area contributed by atoms with Gasteiger partial charge < -0.3 is 15.1 Å². The number of carbonyl (C=O) groups excluding carboxylic acids is 2. The molecule has 44 heavy (non-hydrogen) atoms. The van der Waals surface area contributed by atoms with E-state index in [-0.39, 0.29) is 29.3 Å². The number of piperazine rings is 1. The highest BCUT2D eigenvalue weighted by Gasteiger charge is 2.29. The molecule has 1 unspecified atom stereocenters. The zero-order valence-electron chi connectivity index (χ0n) is 25.8. The molecule has 0 radical (unpaired) electrons. The van der Waals surface area contributed by atoms with Gasteiger partial charge in [-0.25, -0.2) is 4.68 Å². The van der Waals surface area contributed by atoms with Gasteiger partial charge in [-0.15, -0.1) is 0 Å². The van der Waals surface area contributed by atoms with E-state index in [0.29, 0.717) is 24.3 Å². The molecule has 2 N–H and O–H groups in total. The fourth-order valence-electron chi connectivity index (χ4n) is 6.82. The third kappa shape index (κ3) is 6.68. The van der Waals surface area contributed by atoms with Gasteiger partial charge in [0, 0.05) is 77.1 Å². The molecule has 3 fully saturated rings. The highest BCUT2D eigenvalue weighted by molar-refractivity contribution is 6.01. The largest absolute Gasteiger partial charge is 0.379 e. The van der Waals surface area contributed by atoms with Crippen LogP contribution in [0.5, 0.6) is 0 Å². The average Bonchev–Trinajstić information content (AvgIpc) is 3.02. The van der Waals surface area contributed by atoms with E-state index in [4.69, 9.17) is 0 Å². The molecule has 0 spiro atoms. The number of nitrogens with one attached hydrogen (secondary N) is 2. The molecule has 3 saturated heterocycles. The summed E-state index contributed by atoms with van der Waals surface area (Å²) < 4.78 is 1.37. The lowest BCUT2D eigenvalue weighted by molar-refractivity contribution is -0.134. The fraction of sp³-hybridized carbons (Fsp3) is 0.485. The van der Waals surface area contributed by atoms with Gasteiger partial charge in [0.1, 0.15) is 0 Å². The molecule has 2 aromatic heterocycles. The van der Waals surface area contributed by atoms with Crippen molar-refractivity contribution in [3.63, 3.8) is 0 Å². The van der Waals surface area contributed by atoms with Crippen LogP contribution in [0.4, 0.5) is 11.4 Å². The molecular weight excluding hydrogens is 556 g/mol. The van der Waals surface area contributed by atoms with E-state index in [0.717, 1.165) is 69.2 Å². The molecule has 11 nitrogen and oxygen atoms in total. The van der Waals surface area contributed by atoms with Crippen molar-refractivity contribution in [1.29, 1.82) is 0 Å². The lowest BCUT2D eigenvalue weighted by atomic mass is 9.87. The number of aryl methyl sites for hydroxylation is 1. The van der Waals surface area contributed by atoms with Crippen LogP contribution in [0.25, 0.3) is 0 Å². The maximum atomic E-state index is 12.3. The molecule has 0 aliphatic carbocycles. The van der Waals surface area contributed by atoms with Crippen molar-refractivity contribution >= 4 is 23.2 Å². The topological polar surface area (TPSA) is 116 Å². The van der Waals surface area contributed by atoms with Gasteiger partial charge in [0.2, 0.25) is 11.8 Å². The second kappa shape index (κ2) is 12.9. The standard InChI is InChI=1S/C33H42N8O3/c1-22-30(18-35-39(3)33(22)44)36-27-14-26(20-38(2)21-27)24-6-4-23(5-7-24)19-40-10-12-41(13-11-40)28-15-25(16-34-17-28)29-8-9-31(42)37-32(29)43/h4-7,15-18,26-27,29,36H,8-14,19-21H2,1-3H3,(H,37,42,43)/t26-,27+,29?/m1/s1. The quantitative estimate of drug-likeness (QED) is 0.395. The number of imide groups is 1. The van der Waals surface area contributed by atoms with Crippen LogP contribution in [0.3, 0.4) is 0 Å². The number of amides is 2. The van der Waals surface area contributed by atoms with Crippen molar-refractivity contribution < 1.29 is 9.59 Å². The maximum Gasteiger partial charge on any atom is 0.271 e. The van der Waals surface area contributed by atoms with Gasteiger partial charge in [-0.05, 0) is 55.5 Å². The average molecular weight is 599 g/mol. The number of anilines is 2. The second-order valence-corrected chi connectivity index (χ2v) is 12.6. The van der Waals surface area contributed by atoms with Crippen molar-refractivity contribution in [1.82, 2.24) is 29.9 Å². The number of likely N-dealkylation sites (tertiary alicyclic amines) is 1. The second-order valence-electron chi connectivity index (χ2n) is 12.6. The van der Waals surface area contributed by atoms with E-state index in [1.807, 2.05) is 13.1 Å². The van der Waals surface area contributed by atoms with Gasteiger partial charge in [0.05, 0.1) is 29.7 Å². The molecule has 232 valence electrons. The Morgan fingerprint density at radius 3 is 2.48 bits per heavy atom. The number of rotatable bonds is 7. The molecule has 5 heterocycles. The first-order valence-corrected chi connectivity index (χ1v) is 15.6. The number of piperidine rings is 2. The fourth-order valence-corrected chi connectivity index (χ4v) is 6.82. The summed E-state index contributed by atoms with van der Waals surface area (Å²) in [7, 11) is 3.84. The summed E-state index contributed by atoms with van der Waals surface area (Å²) in [4.78, 5) is 47.8. The maximum absolute atomic E-state index is 12.3. The van der Waals surface area contributed by atoms with Gasteiger partial charge in [0.25, 0.3) is 5.56 Å². The first-order chi connectivity index (χ1) is 21.2. The van der Waals surface area contributed by atoms with Crippen LogP contribution in [0.15, 0.2) is 53.7 Å². The van der Waals surface area contributed by atoms with E-state index < -0.39 is 0 Å². The Hall–Kier alpha value is -4.09. The zero-order chi connectivity index (χ0) is 30.8. The van der Waals surface area contributed by atoms with Crippen molar-refractivity contribution in [2.45, 2.75) is 50.6 Å². The summed E-state index contributed by atoms with van der Waals surface area (Å²) >= 11 is 0. The molecule has 3 atom stereocenters. The first kappa shape index (κ1) is 30.0. The van der Waals surface area contributed by atoms with E-state index in [2.05, 4.69) is 72.8 Å². The number of pyridine rings is 1. The predicted molar refractivity (Wildman–Crippen MR) is 170 cm³/mol. The molecular formula is C33H42N8O3. The minimum atomic E-state index is -0.318. The summed E-state index contributed by atoms with van der Waals surface area (Å²) in [6.45, 7) is 8.37. The highest BCUT2D eigenvalue weighted by Crippen LogP contribution is 2.30. The highest BCUT2D eigenvalue weighted by atomic mass is 16.2. The van der Waals surface area contributed by atoms with E-state index in [1.165, 1.54) is 15.8 Å². The van der Waals surface area contributed by atoms with Crippen molar-refractivity contribution in [3.05, 3.63) is 81.5 Å². The Morgan fingerprint density at radius 1 is 0.955 bits per heavy atom. The summed E-state index contributed by atoms with van der Waals surface area (Å²) in [5, 5.41) is 10.2. The first-order valence-electron chi connectivity index (χ1n) is 15.6. The van der Waals surface area contributed by atoms with Gasteiger partial charge in [-0.2, -0.15) is 5.10 Å². The molecule has 2 amide bonds. The van der Waals surface area contributed by atoms with E-state index >= 15 is 0 Å². The number of aromatic nitrogens is 3. The van der Waals surface area contributed by atoms with Crippen molar-refractivity contribution in [2.24, 2.45) is 7.05 Å². The van der Waals surface area contributed by atoms with Crippen LogP contribution in [0, 0.1) is 6.92 Å². The van der Waals surface area contributed by atoms with Gasteiger partial charge in [-0.1, -0.05) is 24.3 Å². The molecule has 3 aliphatic heterocycles. The Bertz CT molecular complexity index is 1560. The molecule has 3 aromatic rings. The molecule has 11 heteroatoms. The number of hydrogen-bond donors (Lipinski definition) is 2. The summed E-state index contributed by atoms with van der Waals surface area (Å²) in [6.07, 6.45) is 7.27. The number of likely N-dealkylation sites (N-methyl/N-ethyl adjacent to an activating group) is 1. The third-order valence-electron chi connectivity index (χ3n) is 9.35. The van der Waals surface area contributed by atoms with Crippen LogP contribution in [-0.4, -0.2) is 88.7 Å². The Morgan fingerprint density at radius 2 is 1.73 bits per heavy atom. The van der Waals surface area contributed by atoms with Crippen molar-refractivity contribution in [3.8, 4) is 0 Å². The number of hydrogen-bond acceptors (Lipinski definition) is 9. The van der Waals surface area contributed by atoms with Crippen LogP contribution < -0.4 is 21.1 Å². The monoisotopic (exact) mass is 598 g/mol. The lowest BCUT2D eigenvalue weighted by Crippen LogP contribution is -2.46. The smallest absolute Gasteiger partial charge is 0.271 e. The molecule has 6 rings (SSSR count). The minimum absolute atomic E-state index is 0.0660. The Labute approximate surface area is 258 Å². The van der Waals surface area contributed by atoms with E-state index in [1.54, 1.807) is 19.4 Å². The lowest BCUT2D eigenvalue weighted by Gasteiger charge is -2.37. The number of benzene rings is 1. The van der Waals surface area contributed by atoms with E-state index in [9.17, 15) is 14.4 Å². The van der Waals surface area contributed by atoms with Crippen molar-refractivity contribution in [2.75, 3.05) is 56.5 Å². The summed E-state index contributed by atoms with van der Waals surface area (Å²) in [6, 6.07) is 11.4. The SMILES string of the molecule is Cc1c(N[C@H]2C[C@@H](c3ccc(CN4CCN(c5cncc(C6CCC(=O)NC6=O)c5)CC4)cc3)CN(C)C2)cnn(C)c1=O. The summed E-state index contributed by atoms with van der Waals surface area (Å²) in [5.41, 5.74) is 6.02. The predicted octanol–water partition coefficient (Wildman–Crippen LogP) is 2.23. The molecule has 1 aromatic carbocycles. The zero-order valence-corrected chi connectivity index (χ0v) is 25.8. The molecule has 0 bridgehead atoms. The molecule has 0 saturated carbocycles. The minimum Gasteiger partial charge on any atom is -0.379 e. The third-order valence-corrected chi connectivity index (χ3v) is 9.35.